The maximum absolute atomic E-state index is 11.2. The van der Waals surface area contributed by atoms with Gasteiger partial charge in [-0.3, -0.25) is 0 Å². The first-order valence-corrected chi connectivity index (χ1v) is 9.74. The summed E-state index contributed by atoms with van der Waals surface area (Å²) in [5.74, 6) is -0.246. The molecule has 0 bridgehead atoms. The Hall–Kier alpha value is -0.681. The Kier molecular flexibility index (Phi) is 9.20. The summed E-state index contributed by atoms with van der Waals surface area (Å²) in [5, 5.41) is 0. The molecule has 0 spiro atoms. The Morgan fingerprint density at radius 2 is 1.17 bits per heavy atom. The molecular weight excluding hydrogens is 442 g/mol. The van der Waals surface area contributed by atoms with E-state index >= 15 is 0 Å². The number of methoxy groups -OCH3 is 2. The topological polar surface area (TPSA) is 59.1 Å². The molecule has 0 unspecified atom stereocenters. The molecule has 0 amide bonds. The van der Waals surface area contributed by atoms with Gasteiger partial charge in [-0.05, 0) is 0 Å². The van der Waals surface area contributed by atoms with Crippen molar-refractivity contribution in [3.63, 3.8) is 0 Å². The predicted molar refractivity (Wildman–Crippen MR) is 96.4 cm³/mol. The van der Waals surface area contributed by atoms with Gasteiger partial charge < -0.3 is 0 Å². The number of ether oxygens (including phenoxy) is 2. The molecule has 2 aliphatic rings. The number of nitrogens with zero attached hydrogens (tertiary/aromatic N) is 2. The molecule has 8 heteroatoms. The van der Waals surface area contributed by atoms with Crippen LogP contribution in [0.5, 0.6) is 0 Å². The molecular formula is C16H26N2O4Se2. The molecule has 24 heavy (non-hydrogen) atoms. The SMILES string of the molecule is COC(=O)[C@@H]1CCCN1C(C)=[Se].COC(=O)[C@@H]1CCCN1C(C)=[Se]. The summed E-state index contributed by atoms with van der Waals surface area (Å²) in [6.07, 6.45) is 3.95. The third kappa shape index (κ3) is 5.69. The molecule has 0 aromatic heterocycles. The molecule has 2 saturated heterocycles. The van der Waals surface area contributed by atoms with Crippen LogP contribution in [-0.2, 0) is 19.1 Å². The first-order valence-electron chi connectivity index (χ1n) is 8.03. The van der Waals surface area contributed by atoms with E-state index in [9.17, 15) is 9.59 Å². The Morgan fingerprint density at radius 3 is 1.42 bits per heavy atom. The van der Waals surface area contributed by atoms with Gasteiger partial charge in [0.25, 0.3) is 0 Å². The number of likely N-dealkylation sites (tertiary alicyclic amines) is 2. The van der Waals surface area contributed by atoms with Crippen molar-refractivity contribution < 1.29 is 19.1 Å². The molecule has 0 N–H and O–H groups in total. The van der Waals surface area contributed by atoms with E-state index in [0.717, 1.165) is 47.9 Å². The number of rotatable bonds is 4. The number of carbonyl (C=O) groups excluding carboxylic acids is 2. The van der Waals surface area contributed by atoms with Crippen molar-refractivity contribution in [3.8, 4) is 0 Å². The summed E-state index contributed by atoms with van der Waals surface area (Å²) in [5.41, 5.74) is 0. The second-order valence-electron chi connectivity index (χ2n) is 5.79. The number of hydrogen-bond donors (Lipinski definition) is 0. The van der Waals surface area contributed by atoms with Crippen LogP contribution in [0.3, 0.4) is 0 Å². The first-order chi connectivity index (χ1) is 11.3. The van der Waals surface area contributed by atoms with E-state index in [4.69, 9.17) is 9.47 Å². The zero-order chi connectivity index (χ0) is 18.3. The average molecular weight is 468 g/mol. The van der Waals surface area contributed by atoms with Crippen molar-refractivity contribution in [3.05, 3.63) is 0 Å². The number of carbonyl (C=O) groups is 2. The van der Waals surface area contributed by atoms with Gasteiger partial charge in [0.2, 0.25) is 0 Å². The second-order valence-corrected chi connectivity index (χ2v) is 8.27. The quantitative estimate of drug-likeness (QED) is 0.424. The molecule has 136 valence electrons. The molecule has 6 nitrogen and oxygen atoms in total. The van der Waals surface area contributed by atoms with Gasteiger partial charge in [-0.1, -0.05) is 0 Å². The molecule has 0 aromatic carbocycles. The minimum absolute atomic E-state index is 0.0590. The minimum atomic E-state index is -0.123. The molecule has 0 radical (unpaired) electrons. The summed E-state index contributed by atoms with van der Waals surface area (Å²) in [7, 11) is 2.88. The summed E-state index contributed by atoms with van der Waals surface area (Å²) in [4.78, 5) is 26.6. The van der Waals surface area contributed by atoms with Gasteiger partial charge in [0, 0.05) is 0 Å². The third-order valence-electron chi connectivity index (χ3n) is 4.26. The van der Waals surface area contributed by atoms with E-state index in [1.807, 2.05) is 13.8 Å². The van der Waals surface area contributed by atoms with Gasteiger partial charge in [0.05, 0.1) is 0 Å². The number of hydrogen-bond acceptors (Lipinski definition) is 6. The molecule has 0 aromatic rings. The van der Waals surface area contributed by atoms with Crippen molar-refractivity contribution in [2.45, 2.75) is 51.6 Å². The van der Waals surface area contributed by atoms with Crippen molar-refractivity contribution in [1.82, 2.24) is 9.80 Å². The van der Waals surface area contributed by atoms with Crippen LogP contribution in [0.4, 0.5) is 0 Å². The van der Waals surface area contributed by atoms with E-state index in [1.165, 1.54) is 14.2 Å². The van der Waals surface area contributed by atoms with Crippen LogP contribution in [0.2, 0.25) is 0 Å². The summed E-state index contributed by atoms with van der Waals surface area (Å²) < 4.78 is 11.6. The van der Waals surface area contributed by atoms with E-state index in [2.05, 4.69) is 41.0 Å². The summed E-state index contributed by atoms with van der Waals surface area (Å²) in [6, 6.07) is -0.118. The van der Waals surface area contributed by atoms with Gasteiger partial charge in [0.1, 0.15) is 0 Å². The van der Waals surface area contributed by atoms with Gasteiger partial charge in [-0.25, -0.2) is 0 Å². The van der Waals surface area contributed by atoms with Crippen LogP contribution in [-0.4, -0.2) is 101 Å². The van der Waals surface area contributed by atoms with Crippen LogP contribution in [0.15, 0.2) is 0 Å². The third-order valence-corrected chi connectivity index (χ3v) is 5.25. The van der Waals surface area contributed by atoms with Crippen molar-refractivity contribution >= 4 is 52.2 Å². The molecule has 0 saturated carbocycles. The van der Waals surface area contributed by atoms with E-state index in [-0.39, 0.29) is 24.0 Å². The fourth-order valence-corrected chi connectivity index (χ4v) is 3.97. The molecule has 2 rings (SSSR count). The zero-order valence-corrected chi connectivity index (χ0v) is 18.2. The maximum atomic E-state index is 11.2. The zero-order valence-electron chi connectivity index (χ0n) is 14.7. The Labute approximate surface area is 159 Å². The molecule has 2 aliphatic heterocycles. The first kappa shape index (κ1) is 21.4. The molecule has 2 atom stereocenters. The van der Waals surface area contributed by atoms with E-state index < -0.39 is 0 Å². The second kappa shape index (κ2) is 10.3. The number of esters is 2. The van der Waals surface area contributed by atoms with Crippen molar-refractivity contribution in [2.24, 2.45) is 0 Å². The fraction of sp³-hybridized carbons (Fsp3) is 0.750. The normalized spacial score (nSPS) is 22.5. The van der Waals surface area contributed by atoms with Crippen LogP contribution < -0.4 is 0 Å². The Morgan fingerprint density at radius 1 is 0.833 bits per heavy atom. The summed E-state index contributed by atoms with van der Waals surface area (Å²) in [6.45, 7) is 5.86. The van der Waals surface area contributed by atoms with Gasteiger partial charge in [-0.2, -0.15) is 0 Å². The van der Waals surface area contributed by atoms with E-state index in [1.54, 1.807) is 0 Å². The van der Waals surface area contributed by atoms with Gasteiger partial charge in [0.15, 0.2) is 0 Å². The van der Waals surface area contributed by atoms with Crippen LogP contribution in [0.25, 0.3) is 0 Å². The standard InChI is InChI=1S/2C8H13NO2Se/c2*1-6(12)9-5-3-4-7(9)8(10)11-2/h2*7H,3-5H2,1-2H3/t2*7-/m00/s1. The van der Waals surface area contributed by atoms with Crippen LogP contribution >= 0.6 is 0 Å². The van der Waals surface area contributed by atoms with Crippen LogP contribution in [0.1, 0.15) is 39.5 Å². The van der Waals surface area contributed by atoms with Crippen LogP contribution in [0, 0.1) is 0 Å². The summed E-state index contributed by atoms with van der Waals surface area (Å²) >= 11 is 5.85. The monoisotopic (exact) mass is 470 g/mol. The van der Waals surface area contributed by atoms with Crippen molar-refractivity contribution in [1.29, 1.82) is 0 Å². The Balaban J connectivity index is 0.000000240. The van der Waals surface area contributed by atoms with Crippen molar-refractivity contribution in [2.75, 3.05) is 27.3 Å². The average Bonchev–Trinajstić information content (AvgIpc) is 3.22. The fourth-order valence-electron chi connectivity index (χ4n) is 3.05. The molecule has 0 aliphatic carbocycles. The molecule has 2 fully saturated rings. The predicted octanol–water partition coefficient (Wildman–Crippen LogP) is -0.116. The van der Waals surface area contributed by atoms with E-state index in [0.29, 0.717) is 0 Å². The van der Waals surface area contributed by atoms with Gasteiger partial charge in [-0.15, -0.1) is 0 Å². The Bertz CT molecular complexity index is 454. The molecule has 2 heterocycles. The van der Waals surface area contributed by atoms with Gasteiger partial charge >= 0.3 is 160 Å².